The molecule has 0 aliphatic rings. The molecule has 28 heavy (non-hydrogen) atoms. The molecule has 0 saturated heterocycles. The number of methoxy groups -OCH3 is 1. The van der Waals surface area contributed by atoms with Crippen LogP contribution in [0.4, 0.5) is 13.2 Å². The minimum Gasteiger partial charge on any atom is -0.465 e. The predicted molar refractivity (Wildman–Crippen MR) is 91.1 cm³/mol. The van der Waals surface area contributed by atoms with Crippen molar-refractivity contribution in [2.45, 2.75) is 6.18 Å². The lowest BCUT2D eigenvalue weighted by molar-refractivity contribution is -0.145. The second-order valence-corrected chi connectivity index (χ2v) is 5.71. The molecule has 0 N–H and O–H groups in total. The Kier molecular flexibility index (Phi) is 4.10. The van der Waals surface area contributed by atoms with Crippen molar-refractivity contribution in [1.82, 2.24) is 19.6 Å². The van der Waals surface area contributed by atoms with E-state index in [2.05, 4.69) is 19.9 Å². The van der Waals surface area contributed by atoms with E-state index in [0.29, 0.717) is 5.75 Å². The average molecular weight is 388 g/mol. The van der Waals surface area contributed by atoms with Crippen LogP contribution in [0.5, 0.6) is 11.6 Å². The van der Waals surface area contributed by atoms with E-state index in [1.165, 1.54) is 25.3 Å². The first-order chi connectivity index (χ1) is 13.4. The van der Waals surface area contributed by atoms with Crippen LogP contribution in [0.2, 0.25) is 0 Å². The minimum atomic E-state index is -4.75. The van der Waals surface area contributed by atoms with Crippen LogP contribution in [-0.4, -0.2) is 32.7 Å². The number of rotatable bonds is 3. The smallest absolute Gasteiger partial charge is 0.452 e. The third kappa shape index (κ3) is 2.98. The van der Waals surface area contributed by atoms with Gasteiger partial charge in [-0.3, -0.25) is 4.40 Å². The van der Waals surface area contributed by atoms with Gasteiger partial charge in [-0.1, -0.05) is 18.2 Å². The molecular weight excluding hydrogens is 377 g/mol. The maximum absolute atomic E-state index is 13.4. The Bertz CT molecular complexity index is 1190. The summed E-state index contributed by atoms with van der Waals surface area (Å²) in [7, 11) is 1.20. The maximum Gasteiger partial charge on any atom is 0.452 e. The number of nitrogens with zero attached hydrogens (tertiary/aromatic N) is 4. The normalized spacial score (nSPS) is 11.7. The fourth-order valence-electron chi connectivity index (χ4n) is 2.71. The van der Waals surface area contributed by atoms with Crippen LogP contribution < -0.4 is 4.74 Å². The molecule has 4 aromatic rings. The molecular formula is C18H11F3N4O3. The SMILES string of the molecule is COC(=O)c1ccc2c(c1)nc(Oc1ccccc1)c1nnc(C(F)(F)F)n12. The van der Waals surface area contributed by atoms with Gasteiger partial charge >= 0.3 is 12.1 Å². The second-order valence-electron chi connectivity index (χ2n) is 5.71. The number of benzene rings is 2. The molecule has 0 saturated carbocycles. The van der Waals surface area contributed by atoms with Crippen LogP contribution in [0.3, 0.4) is 0 Å². The topological polar surface area (TPSA) is 78.6 Å². The summed E-state index contributed by atoms with van der Waals surface area (Å²) in [4.78, 5) is 16.0. The Morgan fingerprint density at radius 2 is 1.82 bits per heavy atom. The zero-order valence-corrected chi connectivity index (χ0v) is 14.3. The Labute approximate surface area is 155 Å². The number of alkyl halides is 3. The lowest BCUT2D eigenvalue weighted by Gasteiger charge is -2.11. The summed E-state index contributed by atoms with van der Waals surface area (Å²) >= 11 is 0. The van der Waals surface area contributed by atoms with Gasteiger partial charge in [0.2, 0.25) is 11.5 Å². The van der Waals surface area contributed by atoms with Gasteiger partial charge in [0.05, 0.1) is 23.7 Å². The molecule has 0 amide bonds. The fourth-order valence-corrected chi connectivity index (χ4v) is 2.71. The number of fused-ring (bicyclic) bond motifs is 3. The van der Waals surface area contributed by atoms with Gasteiger partial charge in [-0.15, -0.1) is 10.2 Å². The summed E-state index contributed by atoms with van der Waals surface area (Å²) in [6, 6.07) is 12.4. The number of carbonyl (C=O) groups is 1. The number of esters is 1. The van der Waals surface area contributed by atoms with E-state index in [-0.39, 0.29) is 28.1 Å². The number of hydrogen-bond donors (Lipinski definition) is 0. The lowest BCUT2D eigenvalue weighted by atomic mass is 10.2. The first kappa shape index (κ1) is 17.7. The highest BCUT2D eigenvalue weighted by Crippen LogP contribution is 2.33. The van der Waals surface area contributed by atoms with Crippen molar-refractivity contribution in [1.29, 1.82) is 0 Å². The summed E-state index contributed by atoms with van der Waals surface area (Å²) < 4.78 is 51.4. The molecule has 2 heterocycles. The molecule has 0 unspecified atom stereocenters. The van der Waals surface area contributed by atoms with E-state index >= 15 is 0 Å². The van der Waals surface area contributed by atoms with Gasteiger partial charge in [0.25, 0.3) is 5.88 Å². The van der Waals surface area contributed by atoms with Crippen LogP contribution in [0.1, 0.15) is 16.2 Å². The van der Waals surface area contributed by atoms with Gasteiger partial charge in [0.1, 0.15) is 5.75 Å². The summed E-state index contributed by atoms with van der Waals surface area (Å²) in [6.07, 6.45) is -4.75. The zero-order chi connectivity index (χ0) is 19.9. The number of hydrogen-bond acceptors (Lipinski definition) is 6. The summed E-state index contributed by atoms with van der Waals surface area (Å²) in [6.45, 7) is 0. The van der Waals surface area contributed by atoms with E-state index in [0.717, 1.165) is 4.40 Å². The van der Waals surface area contributed by atoms with Gasteiger partial charge in [0, 0.05) is 0 Å². The Morgan fingerprint density at radius 3 is 2.50 bits per heavy atom. The molecule has 7 nitrogen and oxygen atoms in total. The van der Waals surface area contributed by atoms with Gasteiger partial charge < -0.3 is 9.47 Å². The number of para-hydroxylation sites is 1. The molecule has 0 bridgehead atoms. The van der Waals surface area contributed by atoms with Crippen molar-refractivity contribution < 1.29 is 27.4 Å². The van der Waals surface area contributed by atoms with E-state index in [1.54, 1.807) is 30.3 Å². The highest BCUT2D eigenvalue weighted by Gasteiger charge is 2.38. The lowest BCUT2D eigenvalue weighted by Crippen LogP contribution is -2.12. The molecule has 0 atom stereocenters. The molecule has 4 rings (SSSR count). The van der Waals surface area contributed by atoms with Crippen molar-refractivity contribution in [3.05, 3.63) is 59.9 Å². The molecule has 2 aromatic carbocycles. The largest absolute Gasteiger partial charge is 0.465 e. The van der Waals surface area contributed by atoms with Crippen molar-refractivity contribution in [2.24, 2.45) is 0 Å². The summed E-state index contributed by atoms with van der Waals surface area (Å²) in [5.74, 6) is -1.69. The van der Waals surface area contributed by atoms with Crippen molar-refractivity contribution in [3.63, 3.8) is 0 Å². The van der Waals surface area contributed by atoms with E-state index < -0.39 is 18.0 Å². The molecule has 142 valence electrons. The van der Waals surface area contributed by atoms with E-state index in [4.69, 9.17) is 4.74 Å². The van der Waals surface area contributed by atoms with Crippen LogP contribution in [0.25, 0.3) is 16.7 Å². The highest BCUT2D eigenvalue weighted by molar-refractivity contribution is 5.94. The maximum atomic E-state index is 13.4. The van der Waals surface area contributed by atoms with Crippen LogP contribution >= 0.6 is 0 Å². The minimum absolute atomic E-state index is 0.0698. The number of halogens is 3. The number of ether oxygens (including phenoxy) is 2. The van der Waals surface area contributed by atoms with E-state index in [1.807, 2.05) is 0 Å². The standard InChI is InChI=1S/C18H11F3N4O3/c1-27-16(26)10-7-8-13-12(9-10)22-15(28-11-5-3-2-4-6-11)14-23-24-17(25(13)14)18(19,20)21/h2-9H,1H3. The molecule has 0 spiro atoms. The summed E-state index contributed by atoms with van der Waals surface area (Å²) in [5, 5.41) is 6.89. The predicted octanol–water partition coefficient (Wildman–Crippen LogP) is 3.88. The third-order valence-corrected chi connectivity index (χ3v) is 3.93. The van der Waals surface area contributed by atoms with Gasteiger partial charge in [-0.2, -0.15) is 13.2 Å². The molecule has 0 aliphatic heterocycles. The molecule has 2 aromatic heterocycles. The quantitative estimate of drug-likeness (QED) is 0.496. The van der Waals surface area contributed by atoms with Crippen molar-refractivity contribution >= 4 is 22.6 Å². The van der Waals surface area contributed by atoms with Crippen molar-refractivity contribution in [3.8, 4) is 11.6 Å². The molecule has 0 aliphatic carbocycles. The molecule has 10 heteroatoms. The first-order valence-corrected chi connectivity index (χ1v) is 7.96. The van der Waals surface area contributed by atoms with Gasteiger partial charge in [0.15, 0.2) is 0 Å². The first-order valence-electron chi connectivity index (χ1n) is 7.96. The monoisotopic (exact) mass is 388 g/mol. The number of aromatic nitrogens is 4. The van der Waals surface area contributed by atoms with Crippen molar-refractivity contribution in [2.75, 3.05) is 7.11 Å². The third-order valence-electron chi connectivity index (χ3n) is 3.93. The second kappa shape index (κ2) is 6.48. The Balaban J connectivity index is 2.01. The fraction of sp³-hybridized carbons (Fsp3) is 0.111. The highest BCUT2D eigenvalue weighted by atomic mass is 19.4. The van der Waals surface area contributed by atoms with Crippen LogP contribution in [0, 0.1) is 0 Å². The molecule has 0 fully saturated rings. The van der Waals surface area contributed by atoms with Gasteiger partial charge in [-0.05, 0) is 30.3 Å². The van der Waals surface area contributed by atoms with Crippen LogP contribution in [-0.2, 0) is 10.9 Å². The average Bonchev–Trinajstić information content (AvgIpc) is 3.14. The molecule has 0 radical (unpaired) electrons. The Hall–Kier alpha value is -3.69. The number of carbonyl (C=O) groups excluding carboxylic acids is 1. The van der Waals surface area contributed by atoms with E-state index in [9.17, 15) is 18.0 Å². The zero-order valence-electron chi connectivity index (χ0n) is 14.3. The summed E-state index contributed by atoms with van der Waals surface area (Å²) in [5.41, 5.74) is 0.0932. The Morgan fingerprint density at radius 1 is 1.07 bits per heavy atom. The van der Waals surface area contributed by atoms with Crippen LogP contribution in [0.15, 0.2) is 48.5 Å². The van der Waals surface area contributed by atoms with Gasteiger partial charge in [-0.25, -0.2) is 9.78 Å².